The second kappa shape index (κ2) is 3.64. The third-order valence-corrected chi connectivity index (χ3v) is 3.10. The van der Waals surface area contributed by atoms with Crippen molar-refractivity contribution in [1.82, 2.24) is 4.90 Å². The Morgan fingerprint density at radius 3 is 2.87 bits per heavy atom. The molecule has 5 heteroatoms. The first-order valence-electron chi connectivity index (χ1n) is 5.06. The molecule has 5 nitrogen and oxygen atoms in total. The predicted octanol–water partition coefficient (Wildman–Crippen LogP) is -0.261. The van der Waals surface area contributed by atoms with E-state index in [1.165, 1.54) is 7.11 Å². The highest BCUT2D eigenvalue weighted by Crippen LogP contribution is 2.29. The zero-order valence-electron chi connectivity index (χ0n) is 8.56. The summed E-state index contributed by atoms with van der Waals surface area (Å²) in [6, 6.07) is 0.0194. The summed E-state index contributed by atoms with van der Waals surface area (Å²) >= 11 is 0. The monoisotopic (exact) mass is 211 g/mol. The van der Waals surface area contributed by atoms with E-state index < -0.39 is 11.9 Å². The fraction of sp³-hybridized carbons (Fsp3) is 0.700. The van der Waals surface area contributed by atoms with E-state index in [1.54, 1.807) is 4.90 Å². The van der Waals surface area contributed by atoms with Gasteiger partial charge in [-0.25, -0.2) is 0 Å². The fourth-order valence-corrected chi connectivity index (χ4v) is 2.34. The second-order valence-electron chi connectivity index (χ2n) is 3.95. The van der Waals surface area contributed by atoms with E-state index in [2.05, 4.69) is 4.74 Å². The molecular formula is C10H13NO4. The Morgan fingerprint density at radius 1 is 1.47 bits per heavy atom. The van der Waals surface area contributed by atoms with Gasteiger partial charge in [-0.15, -0.1) is 0 Å². The van der Waals surface area contributed by atoms with E-state index in [9.17, 15) is 14.4 Å². The molecule has 0 saturated carbocycles. The number of ketones is 1. The van der Waals surface area contributed by atoms with Gasteiger partial charge in [0.25, 0.3) is 0 Å². The highest BCUT2D eigenvalue weighted by molar-refractivity contribution is 6.18. The van der Waals surface area contributed by atoms with Gasteiger partial charge in [0.15, 0.2) is 11.7 Å². The maximum absolute atomic E-state index is 11.8. The molecule has 2 fully saturated rings. The molecule has 0 aromatic rings. The van der Waals surface area contributed by atoms with Crippen molar-refractivity contribution in [3.8, 4) is 0 Å². The van der Waals surface area contributed by atoms with Crippen LogP contribution in [-0.2, 0) is 19.1 Å². The van der Waals surface area contributed by atoms with E-state index in [-0.39, 0.29) is 17.7 Å². The molecular weight excluding hydrogens is 198 g/mol. The minimum Gasteiger partial charge on any atom is -0.468 e. The summed E-state index contributed by atoms with van der Waals surface area (Å²) < 4.78 is 4.47. The van der Waals surface area contributed by atoms with Gasteiger partial charge in [-0.2, -0.15) is 0 Å². The molecule has 0 N–H and O–H groups in total. The highest BCUT2D eigenvalue weighted by atomic mass is 16.5. The van der Waals surface area contributed by atoms with E-state index in [0.717, 1.165) is 12.8 Å². The van der Waals surface area contributed by atoms with Crippen LogP contribution in [0, 0.1) is 5.92 Å². The third kappa shape index (κ3) is 1.52. The molecule has 0 spiro atoms. The van der Waals surface area contributed by atoms with Crippen LogP contribution in [0.4, 0.5) is 0 Å². The van der Waals surface area contributed by atoms with Gasteiger partial charge in [0.05, 0.1) is 7.11 Å². The number of Topliss-reactive ketones (excluding diaryl/α,β-unsaturated/α-hetero) is 1. The molecule has 2 atom stereocenters. The number of hydrogen-bond acceptors (Lipinski definition) is 4. The number of methoxy groups -OCH3 is 1. The van der Waals surface area contributed by atoms with Crippen LogP contribution in [0.2, 0.25) is 0 Å². The maximum Gasteiger partial charge on any atom is 0.325 e. The van der Waals surface area contributed by atoms with Crippen molar-refractivity contribution in [2.75, 3.05) is 13.7 Å². The molecule has 82 valence electrons. The van der Waals surface area contributed by atoms with Crippen molar-refractivity contribution in [3.05, 3.63) is 0 Å². The molecule has 1 unspecified atom stereocenters. The van der Waals surface area contributed by atoms with Crippen molar-refractivity contribution in [3.63, 3.8) is 0 Å². The Morgan fingerprint density at radius 2 is 2.20 bits per heavy atom. The number of esters is 1. The second-order valence-corrected chi connectivity index (χ2v) is 3.95. The Labute approximate surface area is 87.4 Å². The quantitative estimate of drug-likeness (QED) is 0.443. The van der Waals surface area contributed by atoms with Gasteiger partial charge in [-0.3, -0.25) is 14.4 Å². The van der Waals surface area contributed by atoms with Crippen LogP contribution in [0.5, 0.6) is 0 Å². The molecule has 1 amide bonds. The van der Waals surface area contributed by atoms with Crippen LogP contribution >= 0.6 is 0 Å². The lowest BCUT2D eigenvalue weighted by Crippen LogP contribution is -2.51. The molecule has 0 aliphatic carbocycles. The minimum atomic E-state index is -1.20. The summed E-state index contributed by atoms with van der Waals surface area (Å²) in [7, 11) is 1.19. The van der Waals surface area contributed by atoms with E-state index in [1.807, 2.05) is 0 Å². The zero-order chi connectivity index (χ0) is 11.0. The molecule has 2 aliphatic heterocycles. The lowest BCUT2D eigenvalue weighted by atomic mass is 9.91. The fourth-order valence-electron chi connectivity index (χ4n) is 2.34. The molecule has 2 aliphatic rings. The standard InChI is InChI=1S/C10H13NO4/c1-15-10(14)8-7(12)5-6-3-2-4-11(6)9(8)13/h6,8H,2-5H2,1H3/t6-,8?/m0/s1. The van der Waals surface area contributed by atoms with Gasteiger partial charge >= 0.3 is 5.97 Å². The molecule has 0 radical (unpaired) electrons. The van der Waals surface area contributed by atoms with Gasteiger partial charge in [-0.1, -0.05) is 0 Å². The van der Waals surface area contributed by atoms with Crippen LogP contribution in [-0.4, -0.2) is 42.3 Å². The lowest BCUT2D eigenvalue weighted by molar-refractivity contribution is -0.160. The van der Waals surface area contributed by atoms with Crippen molar-refractivity contribution < 1.29 is 19.1 Å². The molecule has 0 aromatic carbocycles. The average molecular weight is 211 g/mol. The van der Waals surface area contributed by atoms with E-state index in [4.69, 9.17) is 0 Å². The van der Waals surface area contributed by atoms with Crippen molar-refractivity contribution in [2.45, 2.75) is 25.3 Å². The van der Waals surface area contributed by atoms with Crippen molar-refractivity contribution in [1.29, 1.82) is 0 Å². The number of amides is 1. The molecule has 2 saturated heterocycles. The Balaban J connectivity index is 2.22. The number of ether oxygens (including phenoxy) is 1. The average Bonchev–Trinajstić information content (AvgIpc) is 2.65. The molecule has 15 heavy (non-hydrogen) atoms. The van der Waals surface area contributed by atoms with Crippen molar-refractivity contribution in [2.24, 2.45) is 5.92 Å². The number of hydrogen-bond donors (Lipinski definition) is 0. The summed E-state index contributed by atoms with van der Waals surface area (Å²) in [5.74, 6) is -2.60. The Bertz CT molecular complexity index is 325. The van der Waals surface area contributed by atoms with Crippen molar-refractivity contribution >= 4 is 17.7 Å². The molecule has 2 rings (SSSR count). The van der Waals surface area contributed by atoms with E-state index in [0.29, 0.717) is 13.0 Å². The van der Waals surface area contributed by atoms with Crippen LogP contribution in [0.1, 0.15) is 19.3 Å². The van der Waals surface area contributed by atoms with Crippen LogP contribution in [0.25, 0.3) is 0 Å². The van der Waals surface area contributed by atoms with E-state index >= 15 is 0 Å². The summed E-state index contributed by atoms with van der Waals surface area (Å²) in [6.45, 7) is 0.657. The number of carbonyl (C=O) groups is 3. The van der Waals surface area contributed by atoms with Crippen LogP contribution in [0.15, 0.2) is 0 Å². The lowest BCUT2D eigenvalue weighted by Gasteiger charge is -2.32. The number of rotatable bonds is 1. The molecule has 0 aromatic heterocycles. The predicted molar refractivity (Wildman–Crippen MR) is 49.9 cm³/mol. The minimum absolute atomic E-state index is 0.0194. The molecule has 2 heterocycles. The summed E-state index contributed by atoms with van der Waals surface area (Å²) in [5.41, 5.74) is 0. The van der Waals surface area contributed by atoms with Gasteiger partial charge in [0, 0.05) is 19.0 Å². The zero-order valence-corrected chi connectivity index (χ0v) is 8.56. The first-order valence-corrected chi connectivity index (χ1v) is 5.06. The number of nitrogens with zero attached hydrogens (tertiary/aromatic N) is 1. The maximum atomic E-state index is 11.8. The topological polar surface area (TPSA) is 63.7 Å². The van der Waals surface area contributed by atoms with Crippen LogP contribution < -0.4 is 0 Å². The largest absolute Gasteiger partial charge is 0.468 e. The van der Waals surface area contributed by atoms with Crippen LogP contribution in [0.3, 0.4) is 0 Å². The van der Waals surface area contributed by atoms with Gasteiger partial charge in [-0.05, 0) is 12.8 Å². The highest BCUT2D eigenvalue weighted by Gasteiger charge is 2.46. The number of piperidine rings is 1. The normalized spacial score (nSPS) is 30.3. The summed E-state index contributed by atoms with van der Waals surface area (Å²) in [5, 5.41) is 0. The number of fused-ring (bicyclic) bond motifs is 1. The summed E-state index contributed by atoms with van der Waals surface area (Å²) in [4.78, 5) is 36.3. The first-order chi connectivity index (χ1) is 7.15. The van der Waals surface area contributed by atoms with Gasteiger partial charge in [0.1, 0.15) is 0 Å². The van der Waals surface area contributed by atoms with Gasteiger partial charge in [0.2, 0.25) is 5.91 Å². The SMILES string of the molecule is COC(=O)C1C(=O)C[C@@H]2CCCN2C1=O. The molecule has 0 bridgehead atoms. The third-order valence-electron chi connectivity index (χ3n) is 3.10. The Hall–Kier alpha value is -1.39. The smallest absolute Gasteiger partial charge is 0.325 e. The Kier molecular flexibility index (Phi) is 2.46. The summed E-state index contributed by atoms with van der Waals surface area (Å²) in [6.07, 6.45) is 2.08. The van der Waals surface area contributed by atoms with Gasteiger partial charge < -0.3 is 9.64 Å². The number of carbonyl (C=O) groups excluding carboxylic acids is 3. The first kappa shape index (κ1) is 10.1.